The van der Waals surface area contributed by atoms with Crippen LogP contribution in [-0.4, -0.2) is 48.6 Å². The molecule has 0 bridgehead atoms. The molecule has 0 spiro atoms. The Morgan fingerprint density at radius 2 is 2.04 bits per heavy atom. The lowest BCUT2D eigenvalue weighted by molar-refractivity contribution is -0.122. The highest BCUT2D eigenvalue weighted by atomic mass is 35.5. The van der Waals surface area contributed by atoms with E-state index in [0.717, 1.165) is 12.0 Å². The van der Waals surface area contributed by atoms with Crippen molar-refractivity contribution < 1.29 is 9.59 Å². The molecule has 1 aliphatic heterocycles. The Bertz CT molecular complexity index is 512. The Kier molecular flexibility index (Phi) is 7.85. The zero-order valence-electron chi connectivity index (χ0n) is 13.3. The van der Waals surface area contributed by atoms with Crippen molar-refractivity contribution in [2.24, 2.45) is 5.73 Å². The van der Waals surface area contributed by atoms with Crippen molar-refractivity contribution in [3.63, 3.8) is 0 Å². The first kappa shape index (κ1) is 19.3. The Hall–Kier alpha value is -1.79. The van der Waals surface area contributed by atoms with Gasteiger partial charge in [-0.1, -0.05) is 30.3 Å². The van der Waals surface area contributed by atoms with Crippen LogP contribution in [0.3, 0.4) is 0 Å². The number of nitrogens with zero attached hydrogens (tertiary/aromatic N) is 1. The lowest BCUT2D eigenvalue weighted by atomic mass is 10.1. The van der Waals surface area contributed by atoms with E-state index in [1.807, 2.05) is 37.3 Å². The second-order valence-electron chi connectivity index (χ2n) is 5.57. The van der Waals surface area contributed by atoms with Crippen molar-refractivity contribution in [2.75, 3.05) is 19.6 Å². The average Bonchev–Trinajstić information content (AvgIpc) is 2.97. The van der Waals surface area contributed by atoms with E-state index >= 15 is 0 Å². The third-order valence-electron chi connectivity index (χ3n) is 3.79. The molecule has 1 fully saturated rings. The van der Waals surface area contributed by atoms with Gasteiger partial charge in [-0.25, -0.2) is 4.79 Å². The summed E-state index contributed by atoms with van der Waals surface area (Å²) in [7, 11) is 0. The molecule has 1 saturated heterocycles. The smallest absolute Gasteiger partial charge is 0.317 e. The summed E-state index contributed by atoms with van der Waals surface area (Å²) in [6, 6.07) is 9.05. The fourth-order valence-corrected chi connectivity index (χ4v) is 2.59. The molecule has 2 atom stereocenters. The monoisotopic (exact) mass is 340 g/mol. The fourth-order valence-electron chi connectivity index (χ4n) is 2.59. The first-order valence-corrected chi connectivity index (χ1v) is 7.72. The molecule has 1 aliphatic rings. The predicted molar refractivity (Wildman–Crippen MR) is 92.6 cm³/mol. The normalized spacial score (nSPS) is 18.0. The second-order valence-corrected chi connectivity index (χ2v) is 5.57. The van der Waals surface area contributed by atoms with Crippen molar-refractivity contribution >= 4 is 24.3 Å². The van der Waals surface area contributed by atoms with E-state index in [1.54, 1.807) is 4.90 Å². The second kappa shape index (κ2) is 9.37. The maximum atomic E-state index is 12.2. The van der Waals surface area contributed by atoms with Crippen molar-refractivity contribution in [3.8, 4) is 0 Å². The number of rotatable bonds is 5. The van der Waals surface area contributed by atoms with E-state index in [4.69, 9.17) is 5.73 Å². The van der Waals surface area contributed by atoms with E-state index < -0.39 is 6.04 Å². The van der Waals surface area contributed by atoms with Gasteiger partial charge in [-0.05, 0) is 25.3 Å². The molecule has 6 nitrogen and oxygen atoms in total. The minimum atomic E-state index is -0.569. The van der Waals surface area contributed by atoms with Gasteiger partial charge in [-0.2, -0.15) is 0 Å². The SMILES string of the molecule is CCNC(=O)N1CCC(NC(=O)[C@@H](N)Cc2ccccc2)C1.Cl. The highest BCUT2D eigenvalue weighted by Gasteiger charge is 2.28. The molecule has 3 amide bonds. The van der Waals surface area contributed by atoms with Crippen LogP contribution in [0.25, 0.3) is 0 Å². The Balaban J connectivity index is 0.00000264. The zero-order chi connectivity index (χ0) is 15.9. The van der Waals surface area contributed by atoms with Gasteiger partial charge in [0, 0.05) is 25.7 Å². The lowest BCUT2D eigenvalue weighted by Gasteiger charge is -2.19. The van der Waals surface area contributed by atoms with Crippen molar-refractivity contribution in [1.82, 2.24) is 15.5 Å². The van der Waals surface area contributed by atoms with Crippen LogP contribution in [0.5, 0.6) is 0 Å². The molecule has 0 aliphatic carbocycles. The predicted octanol–water partition coefficient (Wildman–Crippen LogP) is 0.898. The third-order valence-corrected chi connectivity index (χ3v) is 3.79. The van der Waals surface area contributed by atoms with Gasteiger partial charge in [0.15, 0.2) is 0 Å². The van der Waals surface area contributed by atoms with Crippen LogP contribution in [0, 0.1) is 0 Å². The molecule has 0 aromatic heterocycles. The van der Waals surface area contributed by atoms with Gasteiger partial charge in [0.05, 0.1) is 6.04 Å². The van der Waals surface area contributed by atoms with Crippen LogP contribution < -0.4 is 16.4 Å². The molecular formula is C16H25ClN4O2. The molecule has 1 aromatic rings. The molecule has 4 N–H and O–H groups in total. The summed E-state index contributed by atoms with van der Waals surface area (Å²) in [5.41, 5.74) is 7.01. The van der Waals surface area contributed by atoms with Crippen molar-refractivity contribution in [2.45, 2.75) is 31.8 Å². The first-order chi connectivity index (χ1) is 10.6. The Morgan fingerprint density at radius 3 is 2.70 bits per heavy atom. The lowest BCUT2D eigenvalue weighted by Crippen LogP contribution is -2.48. The van der Waals surface area contributed by atoms with Crippen LogP contribution in [0.4, 0.5) is 4.79 Å². The van der Waals surface area contributed by atoms with Crippen molar-refractivity contribution in [3.05, 3.63) is 35.9 Å². The largest absolute Gasteiger partial charge is 0.350 e. The van der Waals surface area contributed by atoms with Crippen molar-refractivity contribution in [1.29, 1.82) is 0 Å². The van der Waals surface area contributed by atoms with Crippen LogP contribution in [0.15, 0.2) is 30.3 Å². The quantitative estimate of drug-likeness (QED) is 0.744. The maximum Gasteiger partial charge on any atom is 0.317 e. The number of nitrogens with one attached hydrogen (secondary N) is 2. The van der Waals surface area contributed by atoms with Crippen LogP contribution in [0.1, 0.15) is 18.9 Å². The van der Waals surface area contributed by atoms with E-state index in [9.17, 15) is 9.59 Å². The zero-order valence-corrected chi connectivity index (χ0v) is 14.1. The third kappa shape index (κ3) is 5.73. The van der Waals surface area contributed by atoms with Crippen LogP contribution >= 0.6 is 12.4 Å². The molecule has 1 aromatic carbocycles. The molecule has 23 heavy (non-hydrogen) atoms. The summed E-state index contributed by atoms with van der Waals surface area (Å²) in [6.45, 7) is 3.68. The molecule has 1 unspecified atom stereocenters. The number of hydrogen-bond donors (Lipinski definition) is 3. The minimum absolute atomic E-state index is 0. The van der Waals surface area contributed by atoms with Gasteiger partial charge in [0.2, 0.25) is 5.91 Å². The highest BCUT2D eigenvalue weighted by molar-refractivity contribution is 5.85. The number of carbonyl (C=O) groups is 2. The van der Waals surface area contributed by atoms with Gasteiger partial charge >= 0.3 is 6.03 Å². The van der Waals surface area contributed by atoms with E-state index in [2.05, 4.69) is 10.6 Å². The summed E-state index contributed by atoms with van der Waals surface area (Å²) in [5, 5.41) is 5.71. The number of likely N-dealkylation sites (tertiary alicyclic amines) is 1. The van der Waals surface area contributed by atoms with Gasteiger partial charge in [0.1, 0.15) is 0 Å². The van der Waals surface area contributed by atoms with Gasteiger partial charge in [-0.3, -0.25) is 4.79 Å². The van der Waals surface area contributed by atoms with Crippen LogP contribution in [-0.2, 0) is 11.2 Å². The van der Waals surface area contributed by atoms with Gasteiger partial charge in [-0.15, -0.1) is 12.4 Å². The minimum Gasteiger partial charge on any atom is -0.350 e. The number of carbonyl (C=O) groups excluding carboxylic acids is 2. The topological polar surface area (TPSA) is 87.5 Å². The number of halogens is 1. The maximum absolute atomic E-state index is 12.2. The standard InChI is InChI=1S/C16H24N4O2.ClH/c1-2-18-16(22)20-9-8-13(11-20)19-15(21)14(17)10-12-6-4-3-5-7-12;/h3-7,13-14H,2,8-11,17H2,1H3,(H,18,22)(H,19,21);1H/t13?,14-;/m0./s1. The fraction of sp³-hybridized carbons (Fsp3) is 0.500. The summed E-state index contributed by atoms with van der Waals surface area (Å²) in [6.07, 6.45) is 1.28. The summed E-state index contributed by atoms with van der Waals surface area (Å²) in [4.78, 5) is 25.6. The number of amides is 3. The van der Waals surface area contributed by atoms with Gasteiger partial charge in [0.25, 0.3) is 0 Å². The van der Waals surface area contributed by atoms with E-state index in [-0.39, 0.29) is 30.4 Å². The average molecular weight is 341 g/mol. The molecule has 128 valence electrons. The summed E-state index contributed by atoms with van der Waals surface area (Å²) < 4.78 is 0. The van der Waals surface area contributed by atoms with Crippen LogP contribution in [0.2, 0.25) is 0 Å². The molecule has 0 saturated carbocycles. The number of urea groups is 1. The molecule has 0 radical (unpaired) electrons. The summed E-state index contributed by atoms with van der Waals surface area (Å²) >= 11 is 0. The summed E-state index contributed by atoms with van der Waals surface area (Å²) in [5.74, 6) is -0.161. The molecule has 7 heteroatoms. The Labute approximate surface area is 143 Å². The number of benzene rings is 1. The molecule has 1 heterocycles. The Morgan fingerprint density at radius 1 is 1.35 bits per heavy atom. The number of nitrogens with two attached hydrogens (primary N) is 1. The van der Waals surface area contributed by atoms with Gasteiger partial charge < -0.3 is 21.3 Å². The van der Waals surface area contributed by atoms with E-state index in [0.29, 0.717) is 26.1 Å². The highest BCUT2D eigenvalue weighted by Crippen LogP contribution is 2.10. The molecule has 2 rings (SSSR count). The first-order valence-electron chi connectivity index (χ1n) is 7.72. The van der Waals surface area contributed by atoms with E-state index in [1.165, 1.54) is 0 Å². The number of hydrogen-bond acceptors (Lipinski definition) is 3. The molecular weight excluding hydrogens is 316 g/mol.